The zero-order valence-electron chi connectivity index (χ0n) is 12.3. The Bertz CT molecular complexity index is 572. The van der Waals surface area contributed by atoms with Gasteiger partial charge in [0.2, 0.25) is 11.8 Å². The Morgan fingerprint density at radius 3 is 3.05 bits per heavy atom. The molecule has 6 heteroatoms. The molecule has 0 aromatic heterocycles. The van der Waals surface area contributed by atoms with Gasteiger partial charge in [-0.1, -0.05) is 17.7 Å². The number of rotatable bonds is 4. The van der Waals surface area contributed by atoms with Crippen molar-refractivity contribution in [3.8, 4) is 0 Å². The van der Waals surface area contributed by atoms with Crippen molar-refractivity contribution in [2.45, 2.75) is 25.4 Å². The Hall–Kier alpha value is -1.59. The minimum atomic E-state index is -0.312. The van der Waals surface area contributed by atoms with Gasteiger partial charge in [0.25, 0.3) is 0 Å². The number of ether oxygens (including phenoxy) is 1. The van der Waals surface area contributed by atoms with Gasteiger partial charge in [0, 0.05) is 36.8 Å². The summed E-state index contributed by atoms with van der Waals surface area (Å²) in [5, 5.41) is 3.48. The number of amides is 2. The van der Waals surface area contributed by atoms with E-state index in [9.17, 15) is 9.59 Å². The number of nitrogens with zero attached hydrogens (tertiary/aromatic N) is 1. The average molecular weight is 323 g/mol. The van der Waals surface area contributed by atoms with Crippen molar-refractivity contribution >= 4 is 29.1 Å². The van der Waals surface area contributed by atoms with Crippen molar-refractivity contribution in [3.63, 3.8) is 0 Å². The topological polar surface area (TPSA) is 58.6 Å². The number of benzene rings is 1. The van der Waals surface area contributed by atoms with Crippen LogP contribution >= 0.6 is 11.6 Å². The second kappa shape index (κ2) is 6.67. The summed E-state index contributed by atoms with van der Waals surface area (Å²) < 4.78 is 5.48. The lowest BCUT2D eigenvalue weighted by molar-refractivity contribution is -0.126. The summed E-state index contributed by atoms with van der Waals surface area (Å²) in [6, 6.07) is 7.13. The molecule has 22 heavy (non-hydrogen) atoms. The van der Waals surface area contributed by atoms with Crippen LogP contribution in [0.1, 0.15) is 19.3 Å². The van der Waals surface area contributed by atoms with Crippen LogP contribution in [0.4, 0.5) is 5.69 Å². The Kier molecular flexibility index (Phi) is 4.64. The predicted octanol–water partition coefficient (Wildman–Crippen LogP) is 1.99. The van der Waals surface area contributed by atoms with E-state index in [-0.39, 0.29) is 30.3 Å². The van der Waals surface area contributed by atoms with Crippen LogP contribution in [0.2, 0.25) is 5.02 Å². The quantitative estimate of drug-likeness (QED) is 0.922. The summed E-state index contributed by atoms with van der Waals surface area (Å²) in [7, 11) is 0. The van der Waals surface area contributed by atoms with Crippen LogP contribution in [0.5, 0.6) is 0 Å². The van der Waals surface area contributed by atoms with E-state index < -0.39 is 0 Å². The number of hydrogen-bond acceptors (Lipinski definition) is 3. The minimum Gasteiger partial charge on any atom is -0.376 e. The monoisotopic (exact) mass is 322 g/mol. The third-order valence-corrected chi connectivity index (χ3v) is 4.38. The highest BCUT2D eigenvalue weighted by molar-refractivity contribution is 6.30. The molecule has 0 saturated carbocycles. The molecule has 2 heterocycles. The second-order valence-electron chi connectivity index (χ2n) is 5.77. The van der Waals surface area contributed by atoms with Crippen LogP contribution < -0.4 is 10.2 Å². The Labute approximate surface area is 134 Å². The van der Waals surface area contributed by atoms with Crippen molar-refractivity contribution in [1.29, 1.82) is 0 Å². The molecule has 2 amide bonds. The summed E-state index contributed by atoms with van der Waals surface area (Å²) in [6.07, 6.45) is 2.39. The molecule has 2 aliphatic rings. The van der Waals surface area contributed by atoms with Crippen LogP contribution in [0.25, 0.3) is 0 Å². The van der Waals surface area contributed by atoms with Gasteiger partial charge in [-0.3, -0.25) is 9.59 Å². The molecule has 2 saturated heterocycles. The standard InChI is InChI=1S/C16H19ClN2O3/c17-12-3-1-4-13(8-12)19-10-11(7-15(19)20)16(21)18-9-14-5-2-6-22-14/h1,3-4,8,11,14H,2,5-7,9-10H2,(H,18,21)/t11-,14+/m0/s1. The number of carbonyl (C=O) groups excluding carboxylic acids is 2. The van der Waals surface area contributed by atoms with Crippen molar-refractivity contribution in [3.05, 3.63) is 29.3 Å². The predicted molar refractivity (Wildman–Crippen MR) is 83.9 cm³/mol. The maximum absolute atomic E-state index is 12.2. The van der Waals surface area contributed by atoms with Gasteiger partial charge in [-0.25, -0.2) is 0 Å². The lowest BCUT2D eigenvalue weighted by Gasteiger charge is -2.17. The first kappa shape index (κ1) is 15.3. The molecular weight excluding hydrogens is 304 g/mol. The largest absolute Gasteiger partial charge is 0.376 e. The molecule has 2 fully saturated rings. The fourth-order valence-electron chi connectivity index (χ4n) is 2.94. The zero-order chi connectivity index (χ0) is 15.5. The van der Waals surface area contributed by atoms with Crippen LogP contribution in [0.3, 0.4) is 0 Å². The second-order valence-corrected chi connectivity index (χ2v) is 6.20. The van der Waals surface area contributed by atoms with E-state index in [1.54, 1.807) is 23.1 Å². The fraction of sp³-hybridized carbons (Fsp3) is 0.500. The van der Waals surface area contributed by atoms with Crippen LogP contribution in [-0.2, 0) is 14.3 Å². The van der Waals surface area contributed by atoms with Gasteiger partial charge in [-0.05, 0) is 31.0 Å². The molecule has 1 aromatic carbocycles. The Morgan fingerprint density at radius 1 is 1.45 bits per heavy atom. The van der Waals surface area contributed by atoms with E-state index in [2.05, 4.69) is 5.32 Å². The summed E-state index contributed by atoms with van der Waals surface area (Å²) in [4.78, 5) is 26.0. The number of anilines is 1. The van der Waals surface area contributed by atoms with Gasteiger partial charge in [0.15, 0.2) is 0 Å². The smallest absolute Gasteiger partial charge is 0.227 e. The molecule has 0 bridgehead atoms. The SMILES string of the molecule is O=C(NC[C@H]1CCCO1)[C@H]1CC(=O)N(c2cccc(Cl)c2)C1. The molecule has 5 nitrogen and oxygen atoms in total. The highest BCUT2D eigenvalue weighted by atomic mass is 35.5. The third-order valence-electron chi connectivity index (χ3n) is 4.14. The first-order chi connectivity index (χ1) is 10.6. The number of halogens is 1. The molecule has 0 spiro atoms. The molecule has 1 N–H and O–H groups in total. The molecule has 0 unspecified atom stereocenters. The van der Waals surface area contributed by atoms with Gasteiger partial charge in [-0.15, -0.1) is 0 Å². The van der Waals surface area contributed by atoms with Crippen molar-refractivity contribution < 1.29 is 14.3 Å². The minimum absolute atomic E-state index is 0.0421. The summed E-state index contributed by atoms with van der Waals surface area (Å²) in [5.74, 6) is -0.430. The summed E-state index contributed by atoms with van der Waals surface area (Å²) >= 11 is 5.96. The summed E-state index contributed by atoms with van der Waals surface area (Å²) in [5.41, 5.74) is 0.743. The average Bonchev–Trinajstić information content (AvgIpc) is 3.14. The van der Waals surface area contributed by atoms with E-state index >= 15 is 0 Å². The van der Waals surface area contributed by atoms with Crippen molar-refractivity contribution in [1.82, 2.24) is 5.32 Å². The lowest BCUT2D eigenvalue weighted by atomic mass is 10.1. The van der Waals surface area contributed by atoms with Crippen molar-refractivity contribution in [2.24, 2.45) is 5.92 Å². The van der Waals surface area contributed by atoms with Crippen LogP contribution in [0, 0.1) is 5.92 Å². The Morgan fingerprint density at radius 2 is 2.32 bits per heavy atom. The van der Waals surface area contributed by atoms with Gasteiger partial charge < -0.3 is 15.0 Å². The molecule has 2 aliphatic heterocycles. The third kappa shape index (κ3) is 3.42. The van der Waals surface area contributed by atoms with Gasteiger partial charge in [0.05, 0.1) is 12.0 Å². The maximum Gasteiger partial charge on any atom is 0.227 e. The lowest BCUT2D eigenvalue weighted by Crippen LogP contribution is -2.37. The number of hydrogen-bond donors (Lipinski definition) is 1. The Balaban J connectivity index is 1.57. The van der Waals surface area contributed by atoms with E-state index in [0.717, 1.165) is 25.1 Å². The van der Waals surface area contributed by atoms with Crippen LogP contribution in [0.15, 0.2) is 24.3 Å². The van der Waals surface area contributed by atoms with E-state index in [1.807, 2.05) is 6.07 Å². The van der Waals surface area contributed by atoms with Gasteiger partial charge in [-0.2, -0.15) is 0 Å². The zero-order valence-corrected chi connectivity index (χ0v) is 13.0. The number of carbonyl (C=O) groups is 2. The van der Waals surface area contributed by atoms with E-state index in [1.165, 1.54) is 0 Å². The molecule has 3 rings (SSSR count). The first-order valence-corrected chi connectivity index (χ1v) is 7.96. The summed E-state index contributed by atoms with van der Waals surface area (Å²) in [6.45, 7) is 1.70. The maximum atomic E-state index is 12.2. The number of nitrogens with one attached hydrogen (secondary N) is 1. The first-order valence-electron chi connectivity index (χ1n) is 7.59. The molecule has 118 valence electrons. The van der Waals surface area contributed by atoms with E-state index in [4.69, 9.17) is 16.3 Å². The molecule has 0 radical (unpaired) electrons. The molecular formula is C16H19ClN2O3. The highest BCUT2D eigenvalue weighted by Crippen LogP contribution is 2.27. The fourth-order valence-corrected chi connectivity index (χ4v) is 3.13. The highest BCUT2D eigenvalue weighted by Gasteiger charge is 2.35. The normalized spacial score (nSPS) is 24.8. The molecule has 1 aromatic rings. The van der Waals surface area contributed by atoms with Crippen molar-refractivity contribution in [2.75, 3.05) is 24.6 Å². The van der Waals surface area contributed by atoms with E-state index in [0.29, 0.717) is 18.1 Å². The molecule has 0 aliphatic carbocycles. The van der Waals surface area contributed by atoms with Crippen LogP contribution in [-0.4, -0.2) is 37.6 Å². The van der Waals surface area contributed by atoms with Gasteiger partial charge in [0.1, 0.15) is 0 Å². The molecule has 2 atom stereocenters. The van der Waals surface area contributed by atoms with Gasteiger partial charge >= 0.3 is 0 Å².